The fourth-order valence-electron chi connectivity index (χ4n) is 23.4. The number of furan rings is 3. The van der Waals surface area contributed by atoms with Crippen LogP contribution in [0.4, 0.5) is 0 Å². The molecule has 0 aliphatic heterocycles. The van der Waals surface area contributed by atoms with Crippen LogP contribution in [0.25, 0.3) is 262 Å². The Kier molecular flexibility index (Phi) is 21.0. The lowest BCUT2D eigenvalue weighted by Crippen LogP contribution is -2.02. The van der Waals surface area contributed by atoms with Crippen molar-refractivity contribution in [2.24, 2.45) is 0 Å². The minimum absolute atomic E-state index is 0.268. The van der Waals surface area contributed by atoms with Gasteiger partial charge in [-0.1, -0.05) is 400 Å². The molecule has 0 aliphatic carbocycles. The van der Waals surface area contributed by atoms with E-state index in [1.54, 1.807) is 66.7 Å². The Hall–Kier alpha value is -18.5. The Bertz CT molecular complexity index is 11000. The highest BCUT2D eigenvalue weighted by Gasteiger charge is 2.31. The minimum atomic E-state index is -3.71. The molecule has 0 radical (unpaired) electrons. The highest BCUT2D eigenvalue weighted by Crippen LogP contribution is 2.56. The third kappa shape index (κ3) is 14.4. The first-order valence-electron chi connectivity index (χ1n) is 49.9. The van der Waals surface area contributed by atoms with Crippen molar-refractivity contribution in [3.63, 3.8) is 0 Å². The first-order chi connectivity index (χ1) is 73.4. The maximum absolute atomic E-state index is 13.8. The topological polar surface area (TPSA) is 125 Å². The summed E-state index contributed by atoms with van der Waals surface area (Å²) in [5, 5.41) is 34.0. The molecule has 3 aromatic heterocycles. The molecule has 27 aromatic carbocycles. The average molecular weight is 1970 g/mol. The van der Waals surface area contributed by atoms with Crippen LogP contribution in [0, 0.1) is 0 Å². The lowest BCUT2D eigenvalue weighted by molar-refractivity contribution is 0.594. The van der Waals surface area contributed by atoms with E-state index in [0.717, 1.165) is 229 Å². The van der Waals surface area contributed by atoms with Gasteiger partial charge in [0.05, 0.1) is 30.4 Å². The second-order valence-corrected chi connectivity index (χ2v) is 43.5. The van der Waals surface area contributed by atoms with E-state index >= 15 is 0 Å². The smallest absolute Gasteiger partial charge is 0.206 e. The molecular weight excluding hydrogens is 1880 g/mol. The summed E-state index contributed by atoms with van der Waals surface area (Å²) in [5.74, 6) is 0. The van der Waals surface area contributed by atoms with Gasteiger partial charge >= 0.3 is 0 Å². The van der Waals surface area contributed by atoms with Crippen molar-refractivity contribution in [2.45, 2.75) is 29.4 Å². The summed E-state index contributed by atoms with van der Waals surface area (Å²) < 4.78 is 88.8. The third-order valence-electron chi connectivity index (χ3n) is 30.0. The van der Waals surface area contributed by atoms with E-state index in [0.29, 0.717) is 0 Å². The molecule has 0 amide bonds. The van der Waals surface area contributed by atoms with Gasteiger partial charge in [-0.15, -0.1) is 0 Å². The molecule has 30 aromatic rings. The quantitative estimate of drug-likeness (QED) is 0.111. The predicted molar refractivity (Wildman–Crippen MR) is 619 cm³/mol. The van der Waals surface area contributed by atoms with E-state index < -0.39 is 30.5 Å². The van der Waals surface area contributed by atoms with Gasteiger partial charge in [0.2, 0.25) is 19.7 Å². The zero-order valence-electron chi connectivity index (χ0n) is 80.0. The number of fused-ring (bicyclic) bond motifs is 27. The van der Waals surface area contributed by atoms with E-state index in [1.165, 1.54) is 43.1 Å². The van der Waals surface area contributed by atoms with Gasteiger partial charge in [-0.05, 0) is 272 Å². The van der Waals surface area contributed by atoms with Gasteiger partial charge in [0, 0.05) is 75.5 Å². The maximum Gasteiger partial charge on any atom is 0.206 e. The van der Waals surface area contributed by atoms with Gasteiger partial charge in [0.15, 0.2) is 0 Å². The number of rotatable bonds is 12. The van der Waals surface area contributed by atoms with Crippen LogP contribution in [0.15, 0.2) is 552 Å². The zero-order valence-corrected chi connectivity index (χ0v) is 82.4. The summed E-state index contributed by atoms with van der Waals surface area (Å²) in [5.41, 5.74) is 17.8. The fraction of sp³-hybridized carbons (Fsp3) is 0. The Labute approximate surface area is 858 Å². The van der Waals surface area contributed by atoms with E-state index in [4.69, 9.17) is 13.3 Å². The van der Waals surface area contributed by atoms with Crippen molar-refractivity contribution in [3.05, 3.63) is 510 Å². The van der Waals surface area contributed by atoms with Crippen molar-refractivity contribution < 1.29 is 34.3 Å². The molecule has 702 valence electrons. The Morgan fingerprint density at radius 2 is 0.396 bits per heavy atom. The summed E-state index contributed by atoms with van der Waals surface area (Å²) in [4.78, 5) is 2.68. The Morgan fingerprint density at radius 1 is 0.161 bits per heavy atom. The van der Waals surface area contributed by atoms with Crippen LogP contribution in [0.2, 0.25) is 0 Å². The summed E-state index contributed by atoms with van der Waals surface area (Å²) in [6.45, 7) is 0. The Morgan fingerprint density at radius 3 is 0.725 bits per heavy atom. The van der Waals surface area contributed by atoms with Crippen LogP contribution >= 0.6 is 0 Å². The van der Waals surface area contributed by atoms with Crippen LogP contribution < -0.4 is 0 Å². The number of hydrogen-bond donors (Lipinski definition) is 0. The summed E-state index contributed by atoms with van der Waals surface area (Å²) in [6.07, 6.45) is 0. The van der Waals surface area contributed by atoms with E-state index in [-0.39, 0.29) is 19.6 Å². The van der Waals surface area contributed by atoms with Crippen LogP contribution in [0.3, 0.4) is 0 Å². The number of benzene rings is 27. The van der Waals surface area contributed by atoms with Gasteiger partial charge in [-0.2, -0.15) is 0 Å². The first kappa shape index (κ1) is 88.2. The highest BCUT2D eigenvalue weighted by atomic mass is 32.2. The maximum atomic E-state index is 13.8. The molecule has 0 saturated heterocycles. The average Bonchev–Trinajstić information content (AvgIpc) is 1.61. The fourth-order valence-corrected chi connectivity index (χ4v) is 27.2. The van der Waals surface area contributed by atoms with Crippen LogP contribution in [0.1, 0.15) is 0 Å². The molecule has 1 unspecified atom stereocenters. The molecule has 0 N–H and O–H groups in total. The van der Waals surface area contributed by atoms with Gasteiger partial charge in [0.25, 0.3) is 0 Å². The molecular formula is C138H84O8S3. The van der Waals surface area contributed by atoms with Gasteiger partial charge in [-0.3, -0.25) is 0 Å². The van der Waals surface area contributed by atoms with Gasteiger partial charge in [-0.25, -0.2) is 21.0 Å². The number of sulfone groups is 2. The monoisotopic (exact) mass is 1960 g/mol. The van der Waals surface area contributed by atoms with Crippen LogP contribution in [0.5, 0.6) is 0 Å². The van der Waals surface area contributed by atoms with Gasteiger partial charge < -0.3 is 13.3 Å². The molecule has 30 rings (SSSR count). The molecule has 0 aliphatic rings. The predicted octanol–water partition coefficient (Wildman–Crippen LogP) is 37.4. The largest absolute Gasteiger partial charge is 0.455 e. The van der Waals surface area contributed by atoms with E-state index in [9.17, 15) is 21.0 Å². The zero-order chi connectivity index (χ0) is 99.3. The molecule has 3 heterocycles. The second kappa shape index (κ2) is 35.5. The molecule has 11 heteroatoms. The van der Waals surface area contributed by atoms with Crippen LogP contribution in [-0.2, 0) is 30.5 Å². The van der Waals surface area contributed by atoms with Crippen LogP contribution in [-0.4, -0.2) is 21.0 Å². The highest BCUT2D eigenvalue weighted by molar-refractivity contribution is 7.91. The van der Waals surface area contributed by atoms with Crippen molar-refractivity contribution in [1.82, 2.24) is 0 Å². The standard InChI is InChI=1S/2C46H28O3S.C46H28O2S/c47-50(48,32-16-2-1-3-17-32)33-18-12-15-31(27-33)42-36-21-8-10-23-38(36)43(39-24-11-9-22-37(39)42)40-28-30-14-5-7-20-35(30)45-44-34-19-6-4-13-29(34)25-26-41(44)49-46(40)45;47-50(48,32-14-2-1-3-15-32)33-25-22-30(23-26-33)42-36-18-8-10-20-38(36)43(39-21-11-9-19-37(39)42)40-28-31-13-5-7-17-35(31)45-44-34-16-6-4-12-29(34)24-27-41(44)49-46(40)45;47-49(32-16-2-1-3-17-32)33-18-12-15-31(27-33)42-36-21-8-10-23-38(36)43(39-24-11-9-22-37(39)42)40-28-30-14-5-7-20-35(30)45-44-34-19-6-4-13-29(34)25-26-41(44)48-46(40)45/h2*1-28H;1-28H. The van der Waals surface area contributed by atoms with Crippen molar-refractivity contribution >= 4 is 226 Å². The minimum Gasteiger partial charge on any atom is -0.455 e. The van der Waals surface area contributed by atoms with Crippen molar-refractivity contribution in [3.8, 4) is 66.8 Å². The van der Waals surface area contributed by atoms with Gasteiger partial charge in [0.1, 0.15) is 33.5 Å². The molecule has 0 spiro atoms. The van der Waals surface area contributed by atoms with E-state index in [1.807, 2.05) is 84.9 Å². The SMILES string of the molecule is O=S(=O)(c1ccccc1)c1ccc(-c2c3ccccc3c(-c3cc4ccccc4c4c3oc3ccc5ccccc5c34)c3ccccc23)cc1.O=S(=O)(c1ccccc1)c1cccc(-c2c3ccccc3c(-c3cc4ccccc4c4c3oc3ccc5ccccc5c34)c3ccccc23)c1.O=S(c1ccccc1)c1cccc(-c2c3ccccc3c(-c3cc4ccccc4c4c3oc3ccc5ccccc5c34)c3ccccc23)c1. The summed E-state index contributed by atoms with van der Waals surface area (Å²) in [6, 6.07) is 172. The lowest BCUT2D eigenvalue weighted by atomic mass is 9.85. The van der Waals surface area contributed by atoms with Crippen molar-refractivity contribution in [1.29, 1.82) is 0 Å². The Balaban J connectivity index is 0.000000108. The molecule has 0 bridgehead atoms. The number of hydrogen-bond acceptors (Lipinski definition) is 8. The third-order valence-corrected chi connectivity index (χ3v) is 34.9. The van der Waals surface area contributed by atoms with E-state index in [2.05, 4.69) is 358 Å². The molecule has 149 heavy (non-hydrogen) atoms. The first-order valence-corrected chi connectivity index (χ1v) is 54.0. The van der Waals surface area contributed by atoms with Crippen molar-refractivity contribution in [2.75, 3.05) is 0 Å². The summed E-state index contributed by atoms with van der Waals surface area (Å²) in [7, 11) is -8.65. The molecule has 1 atom stereocenters. The molecule has 8 nitrogen and oxygen atoms in total. The molecule has 0 saturated carbocycles. The molecule has 0 fully saturated rings. The normalized spacial score (nSPS) is 12.3. The summed E-state index contributed by atoms with van der Waals surface area (Å²) >= 11 is 0. The lowest BCUT2D eigenvalue weighted by Gasteiger charge is -2.19. The second-order valence-electron chi connectivity index (χ2n) is 38.2.